The van der Waals surface area contributed by atoms with Crippen LogP contribution in [0.15, 0.2) is 78.9 Å². The average Bonchev–Trinajstić information content (AvgIpc) is 3.26. The van der Waals surface area contributed by atoms with Crippen molar-refractivity contribution in [2.75, 3.05) is 4.90 Å². The minimum Gasteiger partial charge on any atom is -0.352 e. The Kier molecular flexibility index (Phi) is 4.27. The molecule has 0 radical (unpaired) electrons. The molecule has 2 aliphatic heterocycles. The lowest BCUT2D eigenvalue weighted by Gasteiger charge is -2.37. The second-order valence-corrected chi connectivity index (χ2v) is 9.37. The van der Waals surface area contributed by atoms with Gasteiger partial charge in [-0.3, -0.25) is 14.4 Å². The monoisotopic (exact) mass is 453 g/mol. The molecule has 1 aliphatic carbocycles. The summed E-state index contributed by atoms with van der Waals surface area (Å²) in [5, 5.41) is 0.501. The van der Waals surface area contributed by atoms with Gasteiger partial charge >= 0.3 is 0 Å². The quantitative estimate of drug-likeness (QED) is 0.490. The number of benzene rings is 3. The molecule has 3 aromatic rings. The van der Waals surface area contributed by atoms with Crippen molar-refractivity contribution in [2.45, 2.75) is 24.9 Å². The van der Waals surface area contributed by atoms with E-state index in [9.17, 15) is 14.4 Å². The maximum atomic E-state index is 14.2. The van der Waals surface area contributed by atoms with Crippen LogP contribution >= 0.6 is 11.6 Å². The van der Waals surface area contributed by atoms with Crippen LogP contribution in [0.5, 0.6) is 0 Å². The van der Waals surface area contributed by atoms with Gasteiger partial charge in [0.2, 0.25) is 0 Å². The fraction of sp³-hybridized carbons (Fsp3) is 0.179. The summed E-state index contributed by atoms with van der Waals surface area (Å²) in [7, 11) is 0. The van der Waals surface area contributed by atoms with Gasteiger partial charge in [-0.25, -0.2) is 0 Å². The van der Waals surface area contributed by atoms with Crippen LogP contribution in [0.25, 0.3) is 6.08 Å². The van der Waals surface area contributed by atoms with Crippen molar-refractivity contribution in [1.29, 1.82) is 0 Å². The Hall–Kier alpha value is -3.50. The summed E-state index contributed by atoms with van der Waals surface area (Å²) in [5.41, 5.74) is 1.92. The fourth-order valence-corrected chi connectivity index (χ4v) is 6.34. The molecular weight excluding hydrogens is 434 g/mol. The molecule has 1 unspecified atom stereocenters. The number of hydrogen-bond donors (Lipinski definition) is 0. The fourth-order valence-electron chi connectivity index (χ4n) is 6.14. The predicted octanol–water partition coefficient (Wildman–Crippen LogP) is 5.36. The predicted molar refractivity (Wildman–Crippen MR) is 128 cm³/mol. The lowest BCUT2D eigenvalue weighted by Crippen LogP contribution is -2.48. The van der Waals surface area contributed by atoms with E-state index in [4.69, 9.17) is 11.6 Å². The van der Waals surface area contributed by atoms with E-state index in [0.29, 0.717) is 16.1 Å². The molecule has 33 heavy (non-hydrogen) atoms. The number of anilines is 1. The molecular formula is C28H20ClNO3. The van der Waals surface area contributed by atoms with E-state index in [0.717, 1.165) is 16.8 Å². The molecule has 3 atom stereocenters. The number of carbonyl (C=O) groups excluding carboxylic acids is 3. The van der Waals surface area contributed by atoms with Crippen molar-refractivity contribution >= 4 is 40.7 Å². The maximum Gasteiger partial charge on any atom is 0.180 e. The number of ketones is 3. The molecule has 3 aliphatic rings. The van der Waals surface area contributed by atoms with Crippen LogP contribution in [-0.4, -0.2) is 29.4 Å². The molecule has 0 N–H and O–H groups in total. The summed E-state index contributed by atoms with van der Waals surface area (Å²) >= 11 is 6.36. The van der Waals surface area contributed by atoms with Crippen molar-refractivity contribution in [1.82, 2.24) is 0 Å². The Morgan fingerprint density at radius 3 is 2.24 bits per heavy atom. The summed E-state index contributed by atoms with van der Waals surface area (Å²) in [6.07, 6.45) is 3.88. The molecule has 162 valence electrons. The van der Waals surface area contributed by atoms with Gasteiger partial charge in [-0.1, -0.05) is 78.4 Å². The van der Waals surface area contributed by atoms with Crippen molar-refractivity contribution in [3.63, 3.8) is 0 Å². The molecule has 0 aromatic heterocycles. The zero-order chi connectivity index (χ0) is 22.9. The first-order valence-corrected chi connectivity index (χ1v) is 11.3. The molecule has 4 nitrogen and oxygen atoms in total. The molecule has 0 amide bonds. The molecule has 6 rings (SSSR count). The van der Waals surface area contributed by atoms with E-state index >= 15 is 0 Å². The minimum absolute atomic E-state index is 0.0940. The van der Waals surface area contributed by atoms with E-state index in [2.05, 4.69) is 0 Å². The average molecular weight is 454 g/mol. The summed E-state index contributed by atoms with van der Waals surface area (Å²) in [4.78, 5) is 43.7. The highest BCUT2D eigenvalue weighted by Crippen LogP contribution is 2.60. The summed E-state index contributed by atoms with van der Waals surface area (Å²) in [6.45, 7) is 1.54. The summed E-state index contributed by atoms with van der Waals surface area (Å²) < 4.78 is 0. The molecule has 0 saturated carbocycles. The molecule has 1 fully saturated rings. The van der Waals surface area contributed by atoms with E-state index in [1.807, 2.05) is 47.4 Å². The molecule has 1 saturated heterocycles. The standard InChI is InChI=1S/C28H20ClNO3/c1-16(31)25-24(18-8-6-9-19(29)15-18)28(26(32)20-10-3-4-11-21(20)27(28)33)23-14-13-17-7-2-5-12-22(17)30(23)25/h2-15,23-25H,1H3/t23?,24-,25-/m0/s1. The van der Waals surface area contributed by atoms with Crippen LogP contribution < -0.4 is 4.90 Å². The van der Waals surface area contributed by atoms with Crippen LogP contribution in [0.4, 0.5) is 5.69 Å². The zero-order valence-electron chi connectivity index (χ0n) is 17.9. The van der Waals surface area contributed by atoms with Crippen LogP contribution in [0.3, 0.4) is 0 Å². The number of hydrogen-bond acceptors (Lipinski definition) is 4. The van der Waals surface area contributed by atoms with Gasteiger partial charge in [0.05, 0.1) is 12.1 Å². The van der Waals surface area contributed by atoms with Crippen molar-refractivity contribution in [2.24, 2.45) is 5.41 Å². The first-order chi connectivity index (χ1) is 16.0. The van der Waals surface area contributed by atoms with E-state index in [1.54, 1.807) is 42.5 Å². The van der Waals surface area contributed by atoms with Crippen LogP contribution in [0, 0.1) is 5.41 Å². The normalized spacial score (nSPS) is 24.1. The Labute approximate surface area is 196 Å². The third-order valence-corrected chi connectivity index (χ3v) is 7.57. The number of halogens is 1. The van der Waals surface area contributed by atoms with Gasteiger partial charge in [-0.2, -0.15) is 0 Å². The number of carbonyl (C=O) groups is 3. The molecule has 1 spiro atoms. The second-order valence-electron chi connectivity index (χ2n) is 8.93. The van der Waals surface area contributed by atoms with E-state index in [1.165, 1.54) is 6.92 Å². The molecule has 2 heterocycles. The topological polar surface area (TPSA) is 54.5 Å². The molecule has 3 aromatic carbocycles. The molecule has 5 heteroatoms. The smallest absolute Gasteiger partial charge is 0.180 e. The van der Waals surface area contributed by atoms with Crippen molar-refractivity contribution < 1.29 is 14.4 Å². The third kappa shape index (κ3) is 2.50. The minimum atomic E-state index is -1.45. The summed E-state index contributed by atoms with van der Waals surface area (Å²) in [5.74, 6) is -1.22. The van der Waals surface area contributed by atoms with Gasteiger partial charge in [-0.05, 0) is 36.2 Å². The number of para-hydroxylation sites is 1. The number of nitrogens with zero attached hydrogens (tertiary/aromatic N) is 1. The van der Waals surface area contributed by atoms with Gasteiger partial charge in [-0.15, -0.1) is 0 Å². The van der Waals surface area contributed by atoms with Crippen LogP contribution in [0.2, 0.25) is 5.02 Å². The molecule has 0 bridgehead atoms. The highest BCUT2D eigenvalue weighted by atomic mass is 35.5. The van der Waals surface area contributed by atoms with Gasteiger partial charge in [0.25, 0.3) is 0 Å². The van der Waals surface area contributed by atoms with Gasteiger partial charge in [0, 0.05) is 27.8 Å². The third-order valence-electron chi connectivity index (χ3n) is 7.34. The number of Topliss-reactive ketones (excluding diaryl/α,β-unsaturated/α-hetero) is 3. The Bertz CT molecular complexity index is 1360. The van der Waals surface area contributed by atoms with Gasteiger partial charge in [0.15, 0.2) is 17.3 Å². The van der Waals surface area contributed by atoms with Crippen LogP contribution in [-0.2, 0) is 4.79 Å². The van der Waals surface area contributed by atoms with Crippen molar-refractivity contribution in [3.8, 4) is 0 Å². The number of rotatable bonds is 2. The zero-order valence-corrected chi connectivity index (χ0v) is 18.6. The van der Waals surface area contributed by atoms with Gasteiger partial charge < -0.3 is 4.90 Å². The lowest BCUT2D eigenvalue weighted by molar-refractivity contribution is -0.118. The highest BCUT2D eigenvalue weighted by Gasteiger charge is 2.71. The Morgan fingerprint density at radius 2 is 1.58 bits per heavy atom. The van der Waals surface area contributed by atoms with Crippen molar-refractivity contribution in [3.05, 3.63) is 106 Å². The first kappa shape index (κ1) is 20.1. The van der Waals surface area contributed by atoms with E-state index in [-0.39, 0.29) is 17.3 Å². The SMILES string of the molecule is CC(=O)[C@H]1[C@H](c2cccc(Cl)c2)C2(C(=O)c3ccccc3C2=O)C2C=Cc3ccccc3N21. The Morgan fingerprint density at radius 1 is 0.909 bits per heavy atom. The first-order valence-electron chi connectivity index (χ1n) is 11.0. The van der Waals surface area contributed by atoms with E-state index < -0.39 is 23.4 Å². The summed E-state index contributed by atoms with van der Waals surface area (Å²) in [6, 6.07) is 20.7. The Balaban J connectivity index is 1.70. The van der Waals surface area contributed by atoms with Crippen LogP contribution in [0.1, 0.15) is 44.7 Å². The van der Waals surface area contributed by atoms with Gasteiger partial charge in [0.1, 0.15) is 5.41 Å². The lowest BCUT2D eigenvalue weighted by atomic mass is 9.64. The number of fused-ring (bicyclic) bond motifs is 5. The maximum absolute atomic E-state index is 14.2. The second kappa shape index (κ2) is 7.00. The highest BCUT2D eigenvalue weighted by molar-refractivity contribution is 6.32. The largest absolute Gasteiger partial charge is 0.352 e.